The van der Waals surface area contributed by atoms with Gasteiger partial charge in [-0.2, -0.15) is 0 Å². The molecule has 0 aromatic heterocycles. The van der Waals surface area contributed by atoms with Crippen molar-refractivity contribution in [3.05, 3.63) is 65.2 Å². The zero-order valence-corrected chi connectivity index (χ0v) is 18.5. The van der Waals surface area contributed by atoms with Crippen molar-refractivity contribution in [1.29, 1.82) is 0 Å². The maximum absolute atomic E-state index is 12.6. The highest BCUT2D eigenvalue weighted by Crippen LogP contribution is 2.41. The highest BCUT2D eigenvalue weighted by atomic mass is 16.5. The molecule has 1 aliphatic heterocycles. The fraction of sp³-hybridized carbons (Fsp3) is 0.375. The first-order chi connectivity index (χ1) is 15.3. The molecule has 170 valence electrons. The van der Waals surface area contributed by atoms with Gasteiger partial charge in [0.2, 0.25) is 5.91 Å². The Morgan fingerprint density at radius 3 is 2.47 bits per heavy atom. The number of hydrogen-bond acceptors (Lipinski definition) is 5. The van der Waals surface area contributed by atoms with Crippen LogP contribution in [0.4, 0.5) is 10.5 Å². The second kappa shape index (κ2) is 10.3. The Hall–Kier alpha value is -3.39. The maximum Gasteiger partial charge on any atom is 0.407 e. The number of hydrogen-bond donors (Lipinski definition) is 3. The van der Waals surface area contributed by atoms with E-state index >= 15 is 0 Å². The van der Waals surface area contributed by atoms with Gasteiger partial charge in [0.25, 0.3) is 5.91 Å². The van der Waals surface area contributed by atoms with Crippen molar-refractivity contribution in [2.24, 2.45) is 5.92 Å². The molecule has 0 spiro atoms. The van der Waals surface area contributed by atoms with Gasteiger partial charge in [-0.1, -0.05) is 37.3 Å². The van der Waals surface area contributed by atoms with Crippen LogP contribution < -0.4 is 15.5 Å². The summed E-state index contributed by atoms with van der Waals surface area (Å²) in [4.78, 5) is 39.1. The number of aliphatic hydroxyl groups is 1. The van der Waals surface area contributed by atoms with Gasteiger partial charge in [0.1, 0.15) is 6.61 Å². The van der Waals surface area contributed by atoms with Gasteiger partial charge < -0.3 is 25.4 Å². The number of fused-ring (bicyclic) bond motifs is 1. The third-order valence-corrected chi connectivity index (χ3v) is 5.80. The number of aliphatic hydroxyl groups excluding tert-OH is 1. The van der Waals surface area contributed by atoms with E-state index in [0.29, 0.717) is 16.8 Å². The Kier molecular flexibility index (Phi) is 7.48. The molecule has 8 heteroatoms. The summed E-state index contributed by atoms with van der Waals surface area (Å²) in [5, 5.41) is 14.5. The van der Waals surface area contributed by atoms with Crippen LogP contribution in [0.2, 0.25) is 0 Å². The number of rotatable bonds is 6. The highest BCUT2D eigenvalue weighted by Gasteiger charge is 2.39. The van der Waals surface area contributed by atoms with Gasteiger partial charge in [-0.15, -0.1) is 0 Å². The topological polar surface area (TPSA) is 108 Å². The fourth-order valence-electron chi connectivity index (χ4n) is 4.01. The molecule has 0 saturated carbocycles. The van der Waals surface area contributed by atoms with Gasteiger partial charge in [-0.25, -0.2) is 4.79 Å². The first-order valence-corrected chi connectivity index (χ1v) is 10.6. The second-order valence-electron chi connectivity index (χ2n) is 7.93. The lowest BCUT2D eigenvalue weighted by atomic mass is 9.82. The monoisotopic (exact) mass is 439 g/mol. The molecule has 0 fully saturated rings. The molecule has 0 bridgehead atoms. The molecule has 3 N–H and O–H groups in total. The summed E-state index contributed by atoms with van der Waals surface area (Å²) in [5.74, 6) is -0.590. The summed E-state index contributed by atoms with van der Waals surface area (Å²) in [5.41, 5.74) is 2.57. The average molecular weight is 440 g/mol. The van der Waals surface area contributed by atoms with Crippen LogP contribution in [0.25, 0.3) is 0 Å². The molecule has 0 unspecified atom stereocenters. The molecule has 3 atom stereocenters. The number of anilines is 1. The van der Waals surface area contributed by atoms with E-state index < -0.39 is 12.1 Å². The Labute approximate surface area is 187 Å². The lowest BCUT2D eigenvalue weighted by Crippen LogP contribution is -2.50. The Balaban J connectivity index is 1.87. The third-order valence-electron chi connectivity index (χ3n) is 5.80. The van der Waals surface area contributed by atoms with Gasteiger partial charge in [0, 0.05) is 36.7 Å². The summed E-state index contributed by atoms with van der Waals surface area (Å²) in [7, 11) is 0. The lowest BCUT2D eigenvalue weighted by molar-refractivity contribution is -0.117. The van der Waals surface area contributed by atoms with E-state index in [9.17, 15) is 14.4 Å². The molecule has 3 rings (SSSR count). The van der Waals surface area contributed by atoms with Crippen LogP contribution >= 0.6 is 0 Å². The van der Waals surface area contributed by atoms with E-state index in [0.717, 1.165) is 5.56 Å². The van der Waals surface area contributed by atoms with Crippen molar-refractivity contribution < 1.29 is 24.2 Å². The smallest absolute Gasteiger partial charge is 0.407 e. The quantitative estimate of drug-likeness (QED) is 0.642. The zero-order valence-electron chi connectivity index (χ0n) is 18.5. The van der Waals surface area contributed by atoms with Crippen LogP contribution in [-0.4, -0.2) is 42.2 Å². The summed E-state index contributed by atoms with van der Waals surface area (Å²) in [6.45, 7) is 5.48. The summed E-state index contributed by atoms with van der Waals surface area (Å²) in [6.07, 6.45) is -0.574. The summed E-state index contributed by atoms with van der Waals surface area (Å²) >= 11 is 0. The Morgan fingerprint density at radius 2 is 1.81 bits per heavy atom. The van der Waals surface area contributed by atoms with Crippen molar-refractivity contribution in [3.63, 3.8) is 0 Å². The van der Waals surface area contributed by atoms with Gasteiger partial charge in [-0.3, -0.25) is 9.59 Å². The van der Waals surface area contributed by atoms with Crippen molar-refractivity contribution >= 4 is 23.6 Å². The number of alkyl carbamates (subject to hydrolysis) is 1. The van der Waals surface area contributed by atoms with Crippen molar-refractivity contribution in [1.82, 2.24) is 10.6 Å². The number of nitrogens with zero attached hydrogens (tertiary/aromatic N) is 1. The number of benzene rings is 2. The van der Waals surface area contributed by atoms with E-state index in [4.69, 9.17) is 9.84 Å². The van der Waals surface area contributed by atoms with E-state index in [1.54, 1.807) is 23.1 Å². The van der Waals surface area contributed by atoms with Crippen molar-refractivity contribution in [2.45, 2.75) is 39.5 Å². The van der Waals surface area contributed by atoms with Crippen molar-refractivity contribution in [3.8, 4) is 0 Å². The number of amides is 3. The Bertz CT molecular complexity index is 979. The van der Waals surface area contributed by atoms with Gasteiger partial charge in [0.15, 0.2) is 0 Å². The largest absolute Gasteiger partial charge is 0.445 e. The SMILES string of the molecule is CC(=O)N1c2ccc(C(=O)NCCO)cc2[C@H](NC(=O)OCc2ccccc2)[C@@H](C)[C@@H]1C. The van der Waals surface area contributed by atoms with Crippen molar-refractivity contribution in [2.75, 3.05) is 18.1 Å². The molecule has 1 aliphatic rings. The predicted molar refractivity (Wildman–Crippen MR) is 120 cm³/mol. The van der Waals surface area contributed by atoms with E-state index in [1.165, 1.54) is 6.92 Å². The molecule has 1 heterocycles. The van der Waals surface area contributed by atoms with E-state index in [-0.39, 0.29) is 43.5 Å². The minimum atomic E-state index is -0.574. The molecule has 3 amide bonds. The first kappa shape index (κ1) is 23.3. The normalized spacial score (nSPS) is 19.6. The minimum Gasteiger partial charge on any atom is -0.445 e. The molecule has 8 nitrogen and oxygen atoms in total. The maximum atomic E-state index is 12.6. The molecule has 32 heavy (non-hydrogen) atoms. The number of ether oxygens (including phenoxy) is 1. The average Bonchev–Trinajstić information content (AvgIpc) is 2.79. The minimum absolute atomic E-state index is 0.117. The van der Waals surface area contributed by atoms with Crippen LogP contribution in [0.1, 0.15) is 48.3 Å². The molecule has 0 saturated heterocycles. The lowest BCUT2D eigenvalue weighted by Gasteiger charge is -2.43. The zero-order chi connectivity index (χ0) is 23.3. The number of carbonyl (C=O) groups excluding carboxylic acids is 3. The standard InChI is InChI=1S/C24H29N3O5/c1-15-16(2)27(17(3)29)21-10-9-19(23(30)25-11-12-28)13-20(21)22(15)26-24(31)32-14-18-7-5-4-6-8-18/h4-10,13,15-16,22,28H,11-12,14H2,1-3H3,(H,25,30)(H,26,31)/t15-,16-,22+/m0/s1. The van der Waals surface area contributed by atoms with Crippen LogP contribution in [-0.2, 0) is 16.1 Å². The van der Waals surface area contributed by atoms with Crippen LogP contribution in [0.3, 0.4) is 0 Å². The van der Waals surface area contributed by atoms with Gasteiger partial charge in [-0.05, 0) is 36.2 Å². The third kappa shape index (κ3) is 5.08. The molecule has 2 aromatic carbocycles. The molecular weight excluding hydrogens is 410 g/mol. The predicted octanol–water partition coefficient (Wildman–Crippen LogP) is 2.77. The summed E-state index contributed by atoms with van der Waals surface area (Å²) < 4.78 is 5.40. The van der Waals surface area contributed by atoms with Crippen LogP contribution in [0.15, 0.2) is 48.5 Å². The summed E-state index contributed by atoms with van der Waals surface area (Å²) in [6, 6.07) is 13.8. The van der Waals surface area contributed by atoms with Crippen LogP contribution in [0.5, 0.6) is 0 Å². The van der Waals surface area contributed by atoms with Gasteiger partial charge >= 0.3 is 6.09 Å². The molecule has 2 aromatic rings. The highest BCUT2D eigenvalue weighted by molar-refractivity contribution is 5.98. The molecular formula is C24H29N3O5. The van der Waals surface area contributed by atoms with E-state index in [2.05, 4.69) is 10.6 Å². The first-order valence-electron chi connectivity index (χ1n) is 10.6. The Morgan fingerprint density at radius 1 is 1.09 bits per heavy atom. The fourth-order valence-corrected chi connectivity index (χ4v) is 4.01. The number of carbonyl (C=O) groups is 3. The second-order valence-corrected chi connectivity index (χ2v) is 7.93. The number of nitrogens with one attached hydrogen (secondary N) is 2. The van der Waals surface area contributed by atoms with E-state index in [1.807, 2.05) is 44.2 Å². The van der Waals surface area contributed by atoms with Crippen LogP contribution in [0, 0.1) is 5.92 Å². The van der Waals surface area contributed by atoms with Gasteiger partial charge in [0.05, 0.1) is 12.6 Å². The molecule has 0 aliphatic carbocycles. The molecule has 0 radical (unpaired) electrons.